The van der Waals surface area contributed by atoms with E-state index in [0.29, 0.717) is 34.8 Å². The van der Waals surface area contributed by atoms with Crippen molar-refractivity contribution < 1.29 is 9.59 Å². The van der Waals surface area contributed by atoms with E-state index in [1.165, 1.54) is 11.8 Å². The summed E-state index contributed by atoms with van der Waals surface area (Å²) >= 11 is 13.5. The fraction of sp³-hybridized carbons (Fsp3) is 0.391. The van der Waals surface area contributed by atoms with Gasteiger partial charge in [0.2, 0.25) is 11.8 Å². The molecule has 2 aromatic carbocycles. The fourth-order valence-electron chi connectivity index (χ4n) is 2.79. The van der Waals surface area contributed by atoms with Crippen molar-refractivity contribution in [2.24, 2.45) is 5.92 Å². The molecule has 0 radical (unpaired) electrons. The Labute approximate surface area is 193 Å². The van der Waals surface area contributed by atoms with Crippen LogP contribution in [0.25, 0.3) is 0 Å². The van der Waals surface area contributed by atoms with Gasteiger partial charge in [0.1, 0.15) is 6.04 Å². The van der Waals surface area contributed by atoms with Gasteiger partial charge in [0.25, 0.3) is 0 Å². The molecular formula is C23H28Cl2N2O2S. The fourth-order valence-corrected chi connectivity index (χ4v) is 4.00. The van der Waals surface area contributed by atoms with Crippen LogP contribution in [0.5, 0.6) is 0 Å². The number of halogens is 2. The van der Waals surface area contributed by atoms with Gasteiger partial charge in [0.05, 0.1) is 5.75 Å². The van der Waals surface area contributed by atoms with E-state index in [-0.39, 0.29) is 17.6 Å². The van der Waals surface area contributed by atoms with Gasteiger partial charge in [-0.05, 0) is 48.2 Å². The van der Waals surface area contributed by atoms with Crippen molar-refractivity contribution in [3.63, 3.8) is 0 Å². The molecule has 0 aliphatic rings. The highest BCUT2D eigenvalue weighted by atomic mass is 35.5. The zero-order valence-electron chi connectivity index (χ0n) is 17.5. The number of amides is 2. The summed E-state index contributed by atoms with van der Waals surface area (Å²) in [4.78, 5) is 27.3. The van der Waals surface area contributed by atoms with E-state index in [9.17, 15) is 9.59 Å². The van der Waals surface area contributed by atoms with Gasteiger partial charge in [-0.15, -0.1) is 11.8 Å². The summed E-state index contributed by atoms with van der Waals surface area (Å²) in [6.45, 7) is 6.74. The number of rotatable bonds is 10. The van der Waals surface area contributed by atoms with Gasteiger partial charge >= 0.3 is 0 Å². The molecule has 0 aliphatic carbocycles. The lowest BCUT2D eigenvalue weighted by Gasteiger charge is -2.29. The second-order valence-corrected chi connectivity index (χ2v) is 9.44. The van der Waals surface area contributed by atoms with Crippen LogP contribution < -0.4 is 5.32 Å². The van der Waals surface area contributed by atoms with Gasteiger partial charge in [-0.1, -0.05) is 61.3 Å². The smallest absolute Gasteiger partial charge is 0.242 e. The Morgan fingerprint density at radius 2 is 1.70 bits per heavy atom. The summed E-state index contributed by atoms with van der Waals surface area (Å²) in [7, 11) is 0. The standard InChI is InChI=1S/C23H28Cl2N2O2S/c1-16(2)12-26-23(29)17(3)27(13-19-5-4-6-21(25)11-19)22(28)15-30-14-18-7-9-20(24)10-8-18/h4-11,16-17H,12-15H2,1-3H3,(H,26,29). The Hall–Kier alpha value is -1.69. The minimum absolute atomic E-state index is 0.0823. The van der Waals surface area contributed by atoms with Crippen molar-refractivity contribution in [1.82, 2.24) is 10.2 Å². The van der Waals surface area contributed by atoms with Gasteiger partial charge in [-0.2, -0.15) is 0 Å². The van der Waals surface area contributed by atoms with Gasteiger partial charge < -0.3 is 10.2 Å². The average molecular weight is 467 g/mol. The van der Waals surface area contributed by atoms with Crippen LogP contribution >= 0.6 is 35.0 Å². The van der Waals surface area contributed by atoms with Gasteiger partial charge in [-0.25, -0.2) is 0 Å². The number of hydrogen-bond acceptors (Lipinski definition) is 3. The zero-order valence-corrected chi connectivity index (χ0v) is 19.9. The molecule has 0 fully saturated rings. The maximum atomic E-state index is 13.0. The largest absolute Gasteiger partial charge is 0.354 e. The second kappa shape index (κ2) is 12.2. The number of nitrogens with one attached hydrogen (secondary N) is 1. The molecule has 2 rings (SSSR count). The summed E-state index contributed by atoms with van der Waals surface area (Å²) in [6.07, 6.45) is 0. The van der Waals surface area contributed by atoms with Gasteiger partial charge in [0, 0.05) is 28.9 Å². The molecule has 0 spiro atoms. The van der Waals surface area contributed by atoms with Crippen molar-refractivity contribution in [3.8, 4) is 0 Å². The van der Waals surface area contributed by atoms with Crippen molar-refractivity contribution in [2.45, 2.75) is 39.1 Å². The Morgan fingerprint density at radius 3 is 2.33 bits per heavy atom. The highest BCUT2D eigenvalue weighted by molar-refractivity contribution is 7.99. The minimum atomic E-state index is -0.577. The van der Waals surface area contributed by atoms with Gasteiger partial charge in [-0.3, -0.25) is 9.59 Å². The first-order valence-electron chi connectivity index (χ1n) is 9.90. The minimum Gasteiger partial charge on any atom is -0.354 e. The predicted octanol–water partition coefficient (Wildman–Crippen LogP) is 5.42. The van der Waals surface area contributed by atoms with E-state index in [2.05, 4.69) is 5.32 Å². The third-order valence-electron chi connectivity index (χ3n) is 4.50. The maximum absolute atomic E-state index is 13.0. The highest BCUT2D eigenvalue weighted by Crippen LogP contribution is 2.19. The molecule has 1 unspecified atom stereocenters. The van der Waals surface area contributed by atoms with Crippen LogP contribution in [0.2, 0.25) is 10.0 Å². The Kier molecular flexibility index (Phi) is 10.0. The van der Waals surface area contributed by atoms with E-state index in [4.69, 9.17) is 23.2 Å². The number of hydrogen-bond donors (Lipinski definition) is 1. The molecule has 7 heteroatoms. The third-order valence-corrected chi connectivity index (χ3v) is 5.98. The number of nitrogens with zero attached hydrogens (tertiary/aromatic N) is 1. The van der Waals surface area contributed by atoms with Crippen LogP contribution in [0.3, 0.4) is 0 Å². The molecule has 2 aromatic rings. The van der Waals surface area contributed by atoms with Crippen molar-refractivity contribution in [1.29, 1.82) is 0 Å². The summed E-state index contributed by atoms with van der Waals surface area (Å²) in [5.74, 6) is 1.09. The monoisotopic (exact) mass is 466 g/mol. The first kappa shape index (κ1) is 24.6. The summed E-state index contributed by atoms with van der Waals surface area (Å²) in [5.41, 5.74) is 1.99. The van der Waals surface area contributed by atoms with E-state index >= 15 is 0 Å². The van der Waals surface area contributed by atoms with Crippen molar-refractivity contribution >= 4 is 46.8 Å². The first-order valence-corrected chi connectivity index (χ1v) is 11.8. The second-order valence-electron chi connectivity index (χ2n) is 7.59. The molecule has 1 atom stereocenters. The van der Waals surface area contributed by atoms with Crippen molar-refractivity contribution in [3.05, 3.63) is 69.7 Å². The van der Waals surface area contributed by atoms with E-state index in [1.54, 1.807) is 17.9 Å². The summed E-state index contributed by atoms with van der Waals surface area (Å²) in [5, 5.41) is 4.22. The number of carbonyl (C=O) groups is 2. The molecule has 0 aliphatic heterocycles. The van der Waals surface area contributed by atoms with E-state index in [0.717, 1.165) is 11.1 Å². The van der Waals surface area contributed by atoms with E-state index in [1.807, 2.05) is 56.3 Å². The molecule has 30 heavy (non-hydrogen) atoms. The Balaban J connectivity index is 2.05. The highest BCUT2D eigenvalue weighted by Gasteiger charge is 2.26. The third kappa shape index (κ3) is 8.21. The van der Waals surface area contributed by atoms with Crippen LogP contribution in [0.1, 0.15) is 31.9 Å². The van der Waals surface area contributed by atoms with Crippen LogP contribution in [0, 0.1) is 5.92 Å². The summed E-state index contributed by atoms with van der Waals surface area (Å²) in [6, 6.07) is 14.4. The number of carbonyl (C=O) groups excluding carboxylic acids is 2. The lowest BCUT2D eigenvalue weighted by Crippen LogP contribution is -2.48. The van der Waals surface area contributed by atoms with E-state index < -0.39 is 6.04 Å². The Bertz CT molecular complexity index is 843. The molecule has 162 valence electrons. The lowest BCUT2D eigenvalue weighted by molar-refractivity contribution is -0.138. The molecule has 2 amide bonds. The Morgan fingerprint density at radius 1 is 1.00 bits per heavy atom. The quantitative estimate of drug-likeness (QED) is 0.508. The SMILES string of the molecule is CC(C)CNC(=O)C(C)N(Cc1cccc(Cl)c1)C(=O)CSCc1ccc(Cl)cc1. The summed E-state index contributed by atoms with van der Waals surface area (Å²) < 4.78 is 0. The average Bonchev–Trinajstić information content (AvgIpc) is 2.71. The molecule has 0 aromatic heterocycles. The van der Waals surface area contributed by atoms with Crippen LogP contribution in [-0.2, 0) is 21.9 Å². The number of benzene rings is 2. The molecule has 0 saturated carbocycles. The van der Waals surface area contributed by atoms with Gasteiger partial charge in [0.15, 0.2) is 0 Å². The van der Waals surface area contributed by atoms with Crippen LogP contribution in [-0.4, -0.2) is 35.1 Å². The van der Waals surface area contributed by atoms with Crippen LogP contribution in [0.15, 0.2) is 48.5 Å². The zero-order chi connectivity index (χ0) is 22.1. The molecule has 4 nitrogen and oxygen atoms in total. The number of thioether (sulfide) groups is 1. The predicted molar refractivity (Wildman–Crippen MR) is 127 cm³/mol. The molecule has 0 saturated heterocycles. The topological polar surface area (TPSA) is 49.4 Å². The molecular weight excluding hydrogens is 439 g/mol. The maximum Gasteiger partial charge on any atom is 0.242 e. The molecule has 0 bridgehead atoms. The first-order chi connectivity index (χ1) is 14.3. The lowest BCUT2D eigenvalue weighted by atomic mass is 10.1. The normalized spacial score (nSPS) is 11.9. The molecule has 1 N–H and O–H groups in total. The van der Waals surface area contributed by atoms with Crippen LogP contribution in [0.4, 0.5) is 0 Å². The molecule has 0 heterocycles. The van der Waals surface area contributed by atoms with Crippen molar-refractivity contribution in [2.75, 3.05) is 12.3 Å².